The van der Waals surface area contributed by atoms with Gasteiger partial charge >= 0.3 is 5.97 Å². The lowest BCUT2D eigenvalue weighted by atomic mass is 9.85. The largest absolute Gasteiger partial charge is 0.446 e. The Morgan fingerprint density at radius 3 is 2.54 bits per heavy atom. The molecular weight excluding hydrogens is 469 g/mol. The van der Waals surface area contributed by atoms with Crippen LogP contribution in [-0.2, 0) is 16.0 Å². The van der Waals surface area contributed by atoms with Gasteiger partial charge in [-0.15, -0.1) is 0 Å². The number of hydrogen-bond acceptors (Lipinski definition) is 5. The molecular formula is C27H25ClFN3O3. The molecule has 1 amide bonds. The summed E-state index contributed by atoms with van der Waals surface area (Å²) in [6.45, 7) is 4.79. The summed E-state index contributed by atoms with van der Waals surface area (Å²) in [7, 11) is 0. The number of pyridine rings is 1. The van der Waals surface area contributed by atoms with Crippen LogP contribution in [0.1, 0.15) is 53.7 Å². The summed E-state index contributed by atoms with van der Waals surface area (Å²) in [4.78, 5) is 29.0. The Bertz CT molecular complexity index is 1260. The SMILES string of the molecule is CC(NC(=O)C(C)(C)OC(=O)c1ccnc(F)c1)C(Cc1ccc(Cl)cc1)c1cccc(C#N)c1. The van der Waals surface area contributed by atoms with Crippen molar-refractivity contribution < 1.29 is 18.7 Å². The zero-order valence-electron chi connectivity index (χ0n) is 19.6. The van der Waals surface area contributed by atoms with E-state index in [0.717, 1.165) is 23.4 Å². The van der Waals surface area contributed by atoms with Gasteiger partial charge in [0.25, 0.3) is 5.91 Å². The van der Waals surface area contributed by atoms with Gasteiger partial charge in [-0.3, -0.25) is 4.79 Å². The third kappa shape index (κ3) is 6.87. The molecule has 2 unspecified atom stereocenters. The van der Waals surface area contributed by atoms with E-state index in [1.807, 2.05) is 25.1 Å². The molecule has 0 bridgehead atoms. The number of esters is 1. The molecule has 0 radical (unpaired) electrons. The number of carbonyl (C=O) groups excluding carboxylic acids is 2. The van der Waals surface area contributed by atoms with E-state index in [1.54, 1.807) is 30.3 Å². The lowest BCUT2D eigenvalue weighted by molar-refractivity contribution is -0.138. The quantitative estimate of drug-likeness (QED) is 0.343. The molecule has 0 aliphatic carbocycles. The van der Waals surface area contributed by atoms with E-state index in [2.05, 4.69) is 16.4 Å². The third-order valence-corrected chi connectivity index (χ3v) is 5.88. The molecule has 2 atom stereocenters. The molecule has 0 saturated heterocycles. The number of halogens is 2. The van der Waals surface area contributed by atoms with Crippen LogP contribution in [0.25, 0.3) is 0 Å². The summed E-state index contributed by atoms with van der Waals surface area (Å²) in [5.41, 5.74) is 0.841. The van der Waals surface area contributed by atoms with E-state index in [1.165, 1.54) is 19.9 Å². The molecule has 1 heterocycles. The van der Waals surface area contributed by atoms with E-state index in [9.17, 15) is 19.2 Å². The van der Waals surface area contributed by atoms with Gasteiger partial charge in [-0.05, 0) is 68.7 Å². The van der Waals surface area contributed by atoms with Gasteiger partial charge in [0.15, 0.2) is 5.60 Å². The molecule has 8 heteroatoms. The Morgan fingerprint density at radius 2 is 1.89 bits per heavy atom. The number of ether oxygens (including phenoxy) is 1. The van der Waals surface area contributed by atoms with Crippen LogP contribution in [0.4, 0.5) is 4.39 Å². The average molecular weight is 494 g/mol. The number of benzene rings is 2. The van der Waals surface area contributed by atoms with Gasteiger partial charge in [-0.1, -0.05) is 35.9 Å². The molecule has 0 aliphatic rings. The predicted octanol–water partition coefficient (Wildman–Crippen LogP) is 5.21. The third-order valence-electron chi connectivity index (χ3n) is 5.63. The highest BCUT2D eigenvalue weighted by atomic mass is 35.5. The van der Waals surface area contributed by atoms with Gasteiger partial charge in [-0.2, -0.15) is 9.65 Å². The van der Waals surface area contributed by atoms with Gasteiger partial charge < -0.3 is 10.1 Å². The van der Waals surface area contributed by atoms with Gasteiger partial charge in [0.2, 0.25) is 5.95 Å². The second kappa shape index (κ2) is 11.1. The fourth-order valence-electron chi connectivity index (χ4n) is 3.64. The van der Waals surface area contributed by atoms with Crippen LogP contribution < -0.4 is 5.32 Å². The van der Waals surface area contributed by atoms with Gasteiger partial charge in [0.05, 0.1) is 17.2 Å². The minimum absolute atomic E-state index is 0.0413. The highest BCUT2D eigenvalue weighted by molar-refractivity contribution is 6.30. The summed E-state index contributed by atoms with van der Waals surface area (Å²) in [6, 6.07) is 18.7. The number of nitrogens with zero attached hydrogens (tertiary/aromatic N) is 2. The number of nitriles is 1. The fourth-order valence-corrected chi connectivity index (χ4v) is 3.77. The monoisotopic (exact) mass is 493 g/mol. The molecule has 35 heavy (non-hydrogen) atoms. The summed E-state index contributed by atoms with van der Waals surface area (Å²) >= 11 is 6.02. The standard InChI is InChI=1S/C27H25ClFN3O3/c1-17(32-26(34)27(2,3)35-25(33)21-11-12-31-24(29)15-21)23(14-18-7-9-22(28)10-8-18)20-6-4-5-19(13-20)16-30/h4-13,15,17,23H,14H2,1-3H3,(H,32,34). The summed E-state index contributed by atoms with van der Waals surface area (Å²) in [5.74, 6) is -2.35. The highest BCUT2D eigenvalue weighted by Crippen LogP contribution is 2.27. The van der Waals surface area contributed by atoms with Crippen LogP contribution in [0.5, 0.6) is 0 Å². The molecule has 0 aliphatic heterocycles. The molecule has 1 N–H and O–H groups in total. The first kappa shape index (κ1) is 25.9. The van der Waals surface area contributed by atoms with Crippen LogP contribution in [0.3, 0.4) is 0 Å². The zero-order chi connectivity index (χ0) is 25.6. The summed E-state index contributed by atoms with van der Waals surface area (Å²) in [6.07, 6.45) is 1.72. The molecule has 180 valence electrons. The Morgan fingerprint density at radius 1 is 1.17 bits per heavy atom. The first-order valence-electron chi connectivity index (χ1n) is 11.0. The summed E-state index contributed by atoms with van der Waals surface area (Å²) < 4.78 is 18.8. The van der Waals surface area contributed by atoms with E-state index >= 15 is 0 Å². The van der Waals surface area contributed by atoms with Crippen molar-refractivity contribution in [2.24, 2.45) is 0 Å². The van der Waals surface area contributed by atoms with Gasteiger partial charge in [-0.25, -0.2) is 9.78 Å². The Kier molecular flexibility index (Phi) is 8.21. The van der Waals surface area contributed by atoms with E-state index in [4.69, 9.17) is 16.3 Å². The minimum Gasteiger partial charge on any atom is -0.446 e. The van der Waals surface area contributed by atoms with Gasteiger partial charge in [0.1, 0.15) is 0 Å². The molecule has 3 rings (SSSR count). The van der Waals surface area contributed by atoms with Crippen molar-refractivity contribution in [2.75, 3.05) is 0 Å². The predicted molar refractivity (Wildman–Crippen MR) is 130 cm³/mol. The van der Waals surface area contributed by atoms with Crippen LogP contribution in [0, 0.1) is 17.3 Å². The van der Waals surface area contributed by atoms with Crippen molar-refractivity contribution in [3.05, 3.63) is 100 Å². The molecule has 6 nitrogen and oxygen atoms in total. The first-order chi connectivity index (χ1) is 16.6. The van der Waals surface area contributed by atoms with Gasteiger partial charge in [0, 0.05) is 29.2 Å². The average Bonchev–Trinajstić information content (AvgIpc) is 2.83. The van der Waals surface area contributed by atoms with Crippen molar-refractivity contribution in [3.63, 3.8) is 0 Å². The van der Waals surface area contributed by atoms with Crippen LogP contribution >= 0.6 is 11.6 Å². The molecule has 0 spiro atoms. The fraction of sp³-hybridized carbons (Fsp3) is 0.259. The van der Waals surface area contributed by atoms with Crippen molar-refractivity contribution in [1.29, 1.82) is 5.26 Å². The van der Waals surface area contributed by atoms with Crippen LogP contribution in [0.2, 0.25) is 5.02 Å². The molecule has 0 saturated carbocycles. The summed E-state index contributed by atoms with van der Waals surface area (Å²) in [5, 5.41) is 12.9. The lowest BCUT2D eigenvalue weighted by Crippen LogP contribution is -2.50. The highest BCUT2D eigenvalue weighted by Gasteiger charge is 2.35. The second-order valence-electron chi connectivity index (χ2n) is 8.70. The van der Waals surface area contributed by atoms with E-state index < -0.39 is 23.4 Å². The van der Waals surface area contributed by atoms with Crippen molar-refractivity contribution >= 4 is 23.5 Å². The number of hydrogen-bond donors (Lipinski definition) is 1. The zero-order valence-corrected chi connectivity index (χ0v) is 20.3. The minimum atomic E-state index is -1.52. The number of amides is 1. The number of aromatic nitrogens is 1. The normalized spacial score (nSPS) is 12.8. The van der Waals surface area contributed by atoms with E-state index in [-0.39, 0.29) is 17.5 Å². The molecule has 1 aromatic heterocycles. The maximum absolute atomic E-state index is 13.4. The van der Waals surface area contributed by atoms with Crippen LogP contribution in [-0.4, -0.2) is 28.5 Å². The second-order valence-corrected chi connectivity index (χ2v) is 9.14. The first-order valence-corrected chi connectivity index (χ1v) is 11.4. The smallest absolute Gasteiger partial charge is 0.339 e. The Labute approximate surface area is 208 Å². The number of rotatable bonds is 8. The topological polar surface area (TPSA) is 92.1 Å². The van der Waals surface area contributed by atoms with E-state index in [0.29, 0.717) is 17.0 Å². The maximum Gasteiger partial charge on any atom is 0.339 e. The number of carbonyl (C=O) groups is 2. The van der Waals surface area contributed by atoms with Crippen molar-refractivity contribution in [3.8, 4) is 6.07 Å². The molecule has 3 aromatic rings. The Hall–Kier alpha value is -3.76. The van der Waals surface area contributed by atoms with Crippen molar-refractivity contribution in [2.45, 2.75) is 44.8 Å². The molecule has 0 fully saturated rings. The van der Waals surface area contributed by atoms with Crippen LogP contribution in [0.15, 0.2) is 66.9 Å². The Balaban J connectivity index is 1.80. The maximum atomic E-state index is 13.4. The molecule has 2 aromatic carbocycles. The van der Waals surface area contributed by atoms with Crippen molar-refractivity contribution in [1.82, 2.24) is 10.3 Å². The number of nitrogens with one attached hydrogen (secondary N) is 1. The lowest BCUT2D eigenvalue weighted by Gasteiger charge is -2.30.